The molecule has 0 bridgehead atoms. The van der Waals surface area contributed by atoms with Gasteiger partial charge in [0.25, 0.3) is 0 Å². The standard InChI is InChI=1S/C17H20N2O7S/c18-16(24)19-9-5-12(27-7-9)8-1-3-10(4-2-8)26-15(23)17(25)11(6-20)13(21)14(17)22/h1-5,7,11,13-15,20-23,25H,6H2,(H3,18,19,24). The highest BCUT2D eigenvalue weighted by atomic mass is 32.1. The van der Waals surface area contributed by atoms with Crippen LogP contribution < -0.4 is 15.8 Å². The zero-order chi connectivity index (χ0) is 19.8. The van der Waals surface area contributed by atoms with Gasteiger partial charge in [-0.2, -0.15) is 0 Å². The summed E-state index contributed by atoms with van der Waals surface area (Å²) in [6.07, 6.45) is -4.82. The van der Waals surface area contributed by atoms with Gasteiger partial charge in [-0.25, -0.2) is 4.79 Å². The molecule has 5 unspecified atom stereocenters. The van der Waals surface area contributed by atoms with E-state index in [1.807, 2.05) is 0 Å². The van der Waals surface area contributed by atoms with Gasteiger partial charge in [-0.3, -0.25) is 0 Å². The second-order valence-electron chi connectivity index (χ2n) is 6.30. The summed E-state index contributed by atoms with van der Waals surface area (Å²) in [6, 6.07) is 7.62. The molecule has 3 rings (SSSR count). The SMILES string of the molecule is NC(=O)Nc1csc(-c2ccc(OC(O)C3(O)C(O)C(O)C3CO)cc2)c1. The summed E-state index contributed by atoms with van der Waals surface area (Å²) in [4.78, 5) is 11.7. The van der Waals surface area contributed by atoms with Crippen LogP contribution in [0.5, 0.6) is 5.75 Å². The number of aliphatic hydroxyl groups is 5. The average Bonchev–Trinajstić information content (AvgIpc) is 3.09. The van der Waals surface area contributed by atoms with E-state index in [1.54, 1.807) is 35.7 Å². The lowest BCUT2D eigenvalue weighted by molar-refractivity contribution is -0.332. The minimum Gasteiger partial charge on any atom is -0.462 e. The Bertz CT molecular complexity index is 812. The van der Waals surface area contributed by atoms with Crippen LogP contribution >= 0.6 is 11.3 Å². The van der Waals surface area contributed by atoms with E-state index in [1.165, 1.54) is 11.3 Å². The number of hydrogen-bond donors (Lipinski definition) is 7. The number of hydrogen-bond acceptors (Lipinski definition) is 8. The Morgan fingerprint density at radius 2 is 2.00 bits per heavy atom. The molecule has 2 aromatic rings. The second-order valence-corrected chi connectivity index (χ2v) is 7.21. The number of carbonyl (C=O) groups excluding carboxylic acids is 1. The smallest absolute Gasteiger partial charge is 0.316 e. The van der Waals surface area contributed by atoms with Crippen LogP contribution in [-0.2, 0) is 0 Å². The van der Waals surface area contributed by atoms with Crippen molar-refractivity contribution < 1.29 is 35.1 Å². The Hall–Kier alpha value is -2.21. The number of anilines is 1. The van der Waals surface area contributed by atoms with Gasteiger partial charge in [0.2, 0.25) is 6.29 Å². The van der Waals surface area contributed by atoms with Crippen LogP contribution in [0.2, 0.25) is 0 Å². The number of benzene rings is 1. The fourth-order valence-corrected chi connectivity index (χ4v) is 3.92. The number of rotatable bonds is 6. The number of thiophene rings is 1. The van der Waals surface area contributed by atoms with E-state index < -0.39 is 42.7 Å². The molecule has 146 valence electrons. The monoisotopic (exact) mass is 396 g/mol. The van der Waals surface area contributed by atoms with Crippen LogP contribution in [0.1, 0.15) is 0 Å². The fourth-order valence-electron chi connectivity index (χ4n) is 3.07. The van der Waals surface area contributed by atoms with E-state index in [0.29, 0.717) is 5.69 Å². The van der Waals surface area contributed by atoms with Crippen molar-refractivity contribution in [2.24, 2.45) is 11.7 Å². The highest BCUT2D eigenvalue weighted by Gasteiger charge is 2.65. The van der Waals surface area contributed by atoms with Crippen LogP contribution in [0.4, 0.5) is 10.5 Å². The third-order valence-corrected chi connectivity index (χ3v) is 5.63. The molecular formula is C17H20N2O7S. The predicted octanol–water partition coefficient (Wildman–Crippen LogP) is -0.322. The number of ether oxygens (including phenoxy) is 1. The Kier molecular flexibility index (Phi) is 5.38. The summed E-state index contributed by atoms with van der Waals surface area (Å²) in [5.74, 6) is -0.902. The maximum Gasteiger partial charge on any atom is 0.316 e. The van der Waals surface area contributed by atoms with Gasteiger partial charge in [0.05, 0.1) is 18.4 Å². The lowest BCUT2D eigenvalue weighted by atomic mass is 9.64. The molecule has 0 saturated heterocycles. The summed E-state index contributed by atoms with van der Waals surface area (Å²) in [7, 11) is 0. The molecule has 8 N–H and O–H groups in total. The summed E-state index contributed by atoms with van der Waals surface area (Å²) in [5, 5.41) is 53.3. The summed E-state index contributed by atoms with van der Waals surface area (Å²) in [6.45, 7) is -0.617. The van der Waals surface area contributed by atoms with Crippen LogP contribution in [0.3, 0.4) is 0 Å². The molecule has 0 spiro atoms. The van der Waals surface area contributed by atoms with Crippen LogP contribution in [0, 0.1) is 5.92 Å². The Labute approximate surface area is 158 Å². The Balaban J connectivity index is 1.69. The molecule has 1 fully saturated rings. The van der Waals surface area contributed by atoms with Gasteiger partial charge in [0.1, 0.15) is 11.9 Å². The Morgan fingerprint density at radius 3 is 2.59 bits per heavy atom. The van der Waals surface area contributed by atoms with Crippen LogP contribution in [0.25, 0.3) is 10.4 Å². The molecule has 0 aliphatic heterocycles. The Morgan fingerprint density at radius 1 is 1.33 bits per heavy atom. The number of amides is 2. The van der Waals surface area contributed by atoms with E-state index in [2.05, 4.69) is 5.32 Å². The number of nitrogens with one attached hydrogen (secondary N) is 1. The van der Waals surface area contributed by atoms with Crippen molar-refractivity contribution in [1.82, 2.24) is 0 Å². The van der Waals surface area contributed by atoms with Crippen LogP contribution in [0.15, 0.2) is 35.7 Å². The van der Waals surface area contributed by atoms with E-state index in [4.69, 9.17) is 10.5 Å². The molecule has 0 radical (unpaired) electrons. The first-order valence-electron chi connectivity index (χ1n) is 8.07. The maximum atomic E-state index is 10.9. The van der Waals surface area contributed by atoms with Crippen molar-refractivity contribution in [3.8, 4) is 16.2 Å². The number of nitrogens with two attached hydrogens (primary N) is 1. The van der Waals surface area contributed by atoms with Crippen molar-refractivity contribution in [3.05, 3.63) is 35.7 Å². The molecule has 27 heavy (non-hydrogen) atoms. The van der Waals surface area contributed by atoms with Crippen LogP contribution in [-0.4, -0.2) is 62.3 Å². The van der Waals surface area contributed by atoms with Crippen molar-refractivity contribution in [3.63, 3.8) is 0 Å². The van der Waals surface area contributed by atoms with Crippen molar-refractivity contribution in [2.75, 3.05) is 11.9 Å². The third-order valence-electron chi connectivity index (χ3n) is 4.65. The van der Waals surface area contributed by atoms with Gasteiger partial charge in [-0.1, -0.05) is 0 Å². The summed E-state index contributed by atoms with van der Waals surface area (Å²) >= 11 is 1.40. The fraction of sp³-hybridized carbons (Fsp3) is 0.353. The van der Waals surface area contributed by atoms with Gasteiger partial charge in [-0.05, 0) is 35.9 Å². The molecule has 10 heteroatoms. The van der Waals surface area contributed by atoms with E-state index in [0.717, 1.165) is 10.4 Å². The zero-order valence-electron chi connectivity index (χ0n) is 14.0. The van der Waals surface area contributed by atoms with Gasteiger partial charge >= 0.3 is 6.03 Å². The van der Waals surface area contributed by atoms with E-state index in [9.17, 15) is 30.3 Å². The molecule has 1 aromatic carbocycles. The van der Waals surface area contributed by atoms with Gasteiger partial charge in [0, 0.05) is 16.2 Å². The number of aliphatic hydroxyl groups excluding tert-OH is 4. The highest BCUT2D eigenvalue weighted by molar-refractivity contribution is 7.14. The lowest BCUT2D eigenvalue weighted by Gasteiger charge is -2.53. The molecule has 1 aliphatic rings. The molecule has 1 saturated carbocycles. The largest absolute Gasteiger partial charge is 0.462 e. The van der Waals surface area contributed by atoms with Crippen molar-refractivity contribution >= 4 is 23.1 Å². The summed E-state index contributed by atoms with van der Waals surface area (Å²) in [5.41, 5.74) is 4.30. The zero-order valence-corrected chi connectivity index (χ0v) is 14.8. The molecule has 1 aromatic heterocycles. The highest BCUT2D eigenvalue weighted by Crippen LogP contribution is 2.42. The van der Waals surface area contributed by atoms with Gasteiger partial charge < -0.3 is 41.3 Å². The third kappa shape index (κ3) is 3.50. The first kappa shape index (κ1) is 19.5. The number of urea groups is 1. The average molecular weight is 396 g/mol. The van der Waals surface area contributed by atoms with Gasteiger partial charge in [0.15, 0.2) is 5.60 Å². The minimum absolute atomic E-state index is 0.219. The molecule has 1 aliphatic carbocycles. The molecule has 1 heterocycles. The minimum atomic E-state index is -2.17. The first-order valence-corrected chi connectivity index (χ1v) is 8.94. The van der Waals surface area contributed by atoms with E-state index in [-0.39, 0.29) is 5.75 Å². The topological polar surface area (TPSA) is 166 Å². The second kappa shape index (κ2) is 7.43. The van der Waals surface area contributed by atoms with Crippen molar-refractivity contribution in [1.29, 1.82) is 0 Å². The van der Waals surface area contributed by atoms with Crippen molar-refractivity contribution in [2.45, 2.75) is 24.1 Å². The number of primary amides is 1. The molecule has 5 atom stereocenters. The summed E-state index contributed by atoms with van der Waals surface area (Å²) < 4.78 is 5.27. The molecule has 9 nitrogen and oxygen atoms in total. The first-order chi connectivity index (χ1) is 12.8. The predicted molar refractivity (Wildman–Crippen MR) is 97.1 cm³/mol. The lowest BCUT2D eigenvalue weighted by Crippen LogP contribution is -2.76. The van der Waals surface area contributed by atoms with Gasteiger partial charge in [-0.15, -0.1) is 11.3 Å². The quantitative estimate of drug-likeness (QED) is 0.329. The molecular weight excluding hydrogens is 376 g/mol. The normalized spacial score (nSPS) is 28.3. The molecule has 2 amide bonds. The van der Waals surface area contributed by atoms with E-state index >= 15 is 0 Å². The maximum absolute atomic E-state index is 10.9. The number of carbonyl (C=O) groups is 1.